The van der Waals surface area contributed by atoms with Crippen LogP contribution in [-0.4, -0.2) is 36.6 Å². The molecule has 0 aliphatic carbocycles. The van der Waals surface area contributed by atoms with Crippen molar-refractivity contribution in [2.24, 2.45) is 0 Å². The predicted octanol–water partition coefficient (Wildman–Crippen LogP) is 7.41. The van der Waals surface area contributed by atoms with E-state index in [-0.39, 0.29) is 37.3 Å². The zero-order chi connectivity index (χ0) is 29.7. The summed E-state index contributed by atoms with van der Waals surface area (Å²) in [5.74, 6) is 1.57. The summed E-state index contributed by atoms with van der Waals surface area (Å²) in [4.78, 5) is 0. The standard InChI is InChI=1S/C37H44O4/c1-35(2,3)31-25-29(17-19-33(31)40-23-21-38)37(27-13-9-7-10-14-27,28-15-11-8-12-16-28)30-18-20-34(41-24-22-39)32(26-30)36(4,5)6/h7-20,25-26,38-39H,21-24H2,1-6H3. The zero-order valence-electron chi connectivity index (χ0n) is 25.3. The van der Waals surface area contributed by atoms with Crippen molar-refractivity contribution in [1.82, 2.24) is 0 Å². The van der Waals surface area contributed by atoms with Crippen LogP contribution in [0.3, 0.4) is 0 Å². The molecule has 0 amide bonds. The van der Waals surface area contributed by atoms with Gasteiger partial charge in [0.05, 0.1) is 18.6 Å². The van der Waals surface area contributed by atoms with E-state index >= 15 is 0 Å². The monoisotopic (exact) mass is 552 g/mol. The van der Waals surface area contributed by atoms with Crippen molar-refractivity contribution in [3.8, 4) is 11.5 Å². The van der Waals surface area contributed by atoms with Crippen LogP contribution >= 0.6 is 0 Å². The molecule has 41 heavy (non-hydrogen) atoms. The van der Waals surface area contributed by atoms with Crippen LogP contribution in [0.25, 0.3) is 0 Å². The highest BCUT2D eigenvalue weighted by Gasteiger charge is 2.40. The quantitative estimate of drug-likeness (QED) is 0.201. The summed E-state index contributed by atoms with van der Waals surface area (Å²) in [5, 5.41) is 18.9. The molecule has 0 radical (unpaired) electrons. The first kappa shape index (κ1) is 30.4. The Bertz CT molecular complexity index is 1300. The van der Waals surface area contributed by atoms with Crippen LogP contribution in [0.4, 0.5) is 0 Å². The zero-order valence-corrected chi connectivity index (χ0v) is 25.3. The van der Waals surface area contributed by atoms with Gasteiger partial charge in [0, 0.05) is 0 Å². The van der Waals surface area contributed by atoms with Gasteiger partial charge in [0.25, 0.3) is 0 Å². The summed E-state index contributed by atoms with van der Waals surface area (Å²) in [6.07, 6.45) is 0. The average Bonchev–Trinajstić information content (AvgIpc) is 2.96. The molecule has 2 N–H and O–H groups in total. The minimum atomic E-state index is -0.645. The Balaban J connectivity index is 2.13. The topological polar surface area (TPSA) is 58.9 Å². The van der Waals surface area contributed by atoms with Gasteiger partial charge < -0.3 is 19.7 Å². The van der Waals surface area contributed by atoms with Crippen molar-refractivity contribution in [2.75, 3.05) is 26.4 Å². The second kappa shape index (κ2) is 12.5. The van der Waals surface area contributed by atoms with Crippen molar-refractivity contribution >= 4 is 0 Å². The first-order valence-electron chi connectivity index (χ1n) is 14.4. The van der Waals surface area contributed by atoms with Gasteiger partial charge in [-0.25, -0.2) is 0 Å². The lowest BCUT2D eigenvalue weighted by atomic mass is 9.63. The first-order chi connectivity index (χ1) is 19.5. The maximum Gasteiger partial charge on any atom is 0.123 e. The van der Waals surface area contributed by atoms with Crippen molar-refractivity contribution in [3.63, 3.8) is 0 Å². The van der Waals surface area contributed by atoms with Crippen LogP contribution in [0.1, 0.15) is 74.9 Å². The fourth-order valence-electron chi connectivity index (χ4n) is 5.64. The van der Waals surface area contributed by atoms with Gasteiger partial charge in [0.2, 0.25) is 0 Å². The molecular formula is C37H44O4. The Morgan fingerprint density at radius 2 is 0.854 bits per heavy atom. The van der Waals surface area contributed by atoms with Crippen molar-refractivity contribution in [3.05, 3.63) is 130 Å². The molecule has 0 spiro atoms. The Kier molecular flexibility index (Phi) is 9.26. The molecule has 4 aromatic carbocycles. The molecule has 4 nitrogen and oxygen atoms in total. The van der Waals surface area contributed by atoms with Crippen LogP contribution in [-0.2, 0) is 16.2 Å². The van der Waals surface area contributed by atoms with E-state index in [1.165, 1.54) is 0 Å². The van der Waals surface area contributed by atoms with Gasteiger partial charge >= 0.3 is 0 Å². The van der Waals surface area contributed by atoms with E-state index in [2.05, 4.69) is 139 Å². The molecule has 0 heterocycles. The molecule has 4 aromatic rings. The minimum absolute atomic E-state index is 0.0381. The van der Waals surface area contributed by atoms with Gasteiger partial charge in [-0.2, -0.15) is 0 Å². The van der Waals surface area contributed by atoms with Crippen LogP contribution in [0.15, 0.2) is 97.1 Å². The average molecular weight is 553 g/mol. The summed E-state index contributed by atoms with van der Waals surface area (Å²) in [5.41, 5.74) is 5.68. The van der Waals surface area contributed by atoms with Gasteiger partial charge in [-0.1, -0.05) is 114 Å². The lowest BCUT2D eigenvalue weighted by Gasteiger charge is -2.39. The summed E-state index contributed by atoms with van der Waals surface area (Å²) < 4.78 is 12.1. The fraction of sp³-hybridized carbons (Fsp3) is 0.351. The Morgan fingerprint density at radius 1 is 0.488 bits per heavy atom. The molecule has 4 rings (SSSR count). The maximum absolute atomic E-state index is 9.47. The Hall–Kier alpha value is -3.60. The largest absolute Gasteiger partial charge is 0.491 e. The molecule has 0 saturated heterocycles. The van der Waals surface area contributed by atoms with E-state index in [0.29, 0.717) is 0 Å². The molecule has 0 aliphatic rings. The fourth-order valence-corrected chi connectivity index (χ4v) is 5.64. The van der Waals surface area contributed by atoms with Crippen LogP contribution in [0.5, 0.6) is 11.5 Å². The summed E-state index contributed by atoms with van der Waals surface area (Å²) in [6, 6.07) is 34.3. The molecule has 0 unspecified atom stereocenters. The van der Waals surface area contributed by atoms with Crippen LogP contribution < -0.4 is 9.47 Å². The molecular weight excluding hydrogens is 508 g/mol. The lowest BCUT2D eigenvalue weighted by Crippen LogP contribution is -2.32. The molecule has 0 aromatic heterocycles. The molecule has 0 fully saturated rings. The third-order valence-electron chi connectivity index (χ3n) is 7.55. The van der Waals surface area contributed by atoms with Gasteiger partial charge in [-0.15, -0.1) is 0 Å². The molecule has 0 atom stereocenters. The third-order valence-corrected chi connectivity index (χ3v) is 7.55. The van der Waals surface area contributed by atoms with Gasteiger partial charge in [0.15, 0.2) is 0 Å². The second-order valence-electron chi connectivity index (χ2n) is 12.5. The first-order valence-corrected chi connectivity index (χ1v) is 14.4. The minimum Gasteiger partial charge on any atom is -0.491 e. The van der Waals surface area contributed by atoms with E-state index < -0.39 is 5.41 Å². The van der Waals surface area contributed by atoms with Crippen LogP contribution in [0.2, 0.25) is 0 Å². The molecule has 0 saturated carbocycles. The molecule has 4 heteroatoms. The van der Waals surface area contributed by atoms with Gasteiger partial charge in [-0.05, 0) is 68.5 Å². The lowest BCUT2D eigenvalue weighted by molar-refractivity contribution is 0.198. The summed E-state index contributed by atoms with van der Waals surface area (Å²) in [6.45, 7) is 13.6. The number of hydrogen-bond acceptors (Lipinski definition) is 4. The maximum atomic E-state index is 9.47. The summed E-state index contributed by atoms with van der Waals surface area (Å²) >= 11 is 0. The normalized spacial score (nSPS) is 12.3. The summed E-state index contributed by atoms with van der Waals surface area (Å²) in [7, 11) is 0. The SMILES string of the molecule is CC(C)(C)c1cc(C(c2ccccc2)(c2ccccc2)c2ccc(OCCO)c(C(C)(C)C)c2)ccc1OCCO. The van der Waals surface area contributed by atoms with E-state index in [9.17, 15) is 10.2 Å². The van der Waals surface area contributed by atoms with Gasteiger partial charge in [0.1, 0.15) is 24.7 Å². The highest BCUT2D eigenvalue weighted by Crippen LogP contribution is 2.49. The number of benzene rings is 4. The Morgan fingerprint density at radius 3 is 1.17 bits per heavy atom. The Labute approximate surface area is 245 Å². The number of ether oxygens (including phenoxy) is 2. The van der Waals surface area contributed by atoms with E-state index in [4.69, 9.17) is 9.47 Å². The van der Waals surface area contributed by atoms with Crippen LogP contribution in [0, 0.1) is 0 Å². The van der Waals surface area contributed by atoms with Crippen molar-refractivity contribution in [2.45, 2.75) is 57.8 Å². The van der Waals surface area contributed by atoms with Gasteiger partial charge in [-0.3, -0.25) is 0 Å². The second-order valence-corrected chi connectivity index (χ2v) is 12.5. The number of aliphatic hydroxyl groups excluding tert-OH is 2. The van der Waals surface area contributed by atoms with Crippen molar-refractivity contribution in [1.29, 1.82) is 0 Å². The highest BCUT2D eigenvalue weighted by atomic mass is 16.5. The predicted molar refractivity (Wildman–Crippen MR) is 167 cm³/mol. The number of aliphatic hydroxyl groups is 2. The molecule has 0 bridgehead atoms. The number of rotatable bonds is 10. The molecule has 0 aliphatic heterocycles. The molecule has 216 valence electrons. The smallest absolute Gasteiger partial charge is 0.123 e. The number of hydrogen-bond donors (Lipinski definition) is 2. The highest BCUT2D eigenvalue weighted by molar-refractivity contribution is 5.63. The third kappa shape index (κ3) is 6.34. The van der Waals surface area contributed by atoms with Crippen molar-refractivity contribution < 1.29 is 19.7 Å². The van der Waals surface area contributed by atoms with E-state index in [1.54, 1.807) is 0 Å². The van der Waals surface area contributed by atoms with E-state index in [0.717, 1.165) is 44.9 Å². The van der Waals surface area contributed by atoms with E-state index in [1.807, 2.05) is 0 Å².